The molecule has 0 unspecified atom stereocenters. The van der Waals surface area contributed by atoms with Crippen LogP contribution >= 0.6 is 43.2 Å². The molecule has 0 atom stereocenters. The van der Waals surface area contributed by atoms with Crippen LogP contribution in [0.2, 0.25) is 0 Å². The summed E-state index contributed by atoms with van der Waals surface area (Å²) in [5.74, 6) is 0.778. The molecule has 0 fully saturated rings. The second-order valence-corrected chi connectivity index (χ2v) is 5.76. The standard InChI is InChI=1S/C10H8Br2N2S/c1-5-6(2)13-10(14-9(5)12)8-3-7(11)4-15-8/h3-4H,1-2H3. The van der Waals surface area contributed by atoms with Crippen molar-refractivity contribution in [2.75, 3.05) is 0 Å². The quantitative estimate of drug-likeness (QED) is 0.717. The average molecular weight is 348 g/mol. The maximum Gasteiger partial charge on any atom is 0.170 e. The zero-order valence-corrected chi connectivity index (χ0v) is 12.2. The van der Waals surface area contributed by atoms with Gasteiger partial charge in [-0.3, -0.25) is 0 Å². The molecule has 15 heavy (non-hydrogen) atoms. The SMILES string of the molecule is Cc1nc(-c2cc(Br)cs2)nc(Br)c1C. The van der Waals surface area contributed by atoms with Gasteiger partial charge in [0.25, 0.3) is 0 Å². The predicted molar refractivity (Wildman–Crippen MR) is 70.2 cm³/mol. The highest BCUT2D eigenvalue weighted by Gasteiger charge is 2.09. The van der Waals surface area contributed by atoms with E-state index < -0.39 is 0 Å². The fourth-order valence-electron chi connectivity index (χ4n) is 1.13. The molecule has 0 N–H and O–H groups in total. The van der Waals surface area contributed by atoms with Gasteiger partial charge in [0, 0.05) is 21.1 Å². The lowest BCUT2D eigenvalue weighted by molar-refractivity contribution is 1.05. The van der Waals surface area contributed by atoms with Gasteiger partial charge in [-0.15, -0.1) is 11.3 Å². The molecule has 0 bridgehead atoms. The molecular formula is C10H8Br2N2S. The summed E-state index contributed by atoms with van der Waals surface area (Å²) in [6.45, 7) is 4.00. The first kappa shape index (κ1) is 11.2. The van der Waals surface area contributed by atoms with E-state index in [0.717, 1.165) is 31.0 Å². The van der Waals surface area contributed by atoms with Crippen molar-refractivity contribution in [2.45, 2.75) is 13.8 Å². The zero-order valence-electron chi connectivity index (χ0n) is 8.21. The van der Waals surface area contributed by atoms with E-state index in [2.05, 4.69) is 41.8 Å². The Labute approximate surface area is 109 Å². The minimum atomic E-state index is 0.778. The number of rotatable bonds is 1. The molecule has 2 aromatic rings. The van der Waals surface area contributed by atoms with Crippen LogP contribution in [0.15, 0.2) is 20.5 Å². The summed E-state index contributed by atoms with van der Waals surface area (Å²) in [5.41, 5.74) is 2.10. The van der Waals surface area contributed by atoms with Crippen molar-refractivity contribution in [2.24, 2.45) is 0 Å². The summed E-state index contributed by atoms with van der Waals surface area (Å²) in [5, 5.41) is 2.03. The fourth-order valence-corrected chi connectivity index (χ4v) is 2.95. The molecule has 5 heteroatoms. The molecular weight excluding hydrogens is 340 g/mol. The van der Waals surface area contributed by atoms with Crippen LogP contribution in [0.5, 0.6) is 0 Å². The third-order valence-electron chi connectivity index (χ3n) is 2.12. The van der Waals surface area contributed by atoms with E-state index in [9.17, 15) is 0 Å². The van der Waals surface area contributed by atoms with Crippen LogP contribution in [-0.4, -0.2) is 9.97 Å². The number of aryl methyl sites for hydroxylation is 1. The summed E-state index contributed by atoms with van der Waals surface area (Å²) in [4.78, 5) is 9.95. The molecule has 0 aliphatic rings. The Morgan fingerprint density at radius 3 is 2.47 bits per heavy atom. The van der Waals surface area contributed by atoms with Gasteiger partial charge in [0.15, 0.2) is 5.82 Å². The number of thiophene rings is 1. The van der Waals surface area contributed by atoms with Gasteiger partial charge >= 0.3 is 0 Å². The Bertz CT molecular complexity index is 485. The third kappa shape index (κ3) is 2.29. The van der Waals surface area contributed by atoms with Gasteiger partial charge in [-0.25, -0.2) is 9.97 Å². The first-order valence-electron chi connectivity index (χ1n) is 4.33. The molecule has 0 saturated carbocycles. The van der Waals surface area contributed by atoms with Crippen molar-refractivity contribution in [1.29, 1.82) is 0 Å². The van der Waals surface area contributed by atoms with Crippen LogP contribution in [-0.2, 0) is 0 Å². The topological polar surface area (TPSA) is 25.8 Å². The van der Waals surface area contributed by atoms with Crippen molar-refractivity contribution >= 4 is 43.2 Å². The highest BCUT2D eigenvalue weighted by atomic mass is 79.9. The monoisotopic (exact) mass is 346 g/mol. The van der Waals surface area contributed by atoms with Gasteiger partial charge in [-0.2, -0.15) is 0 Å². The molecule has 78 valence electrons. The van der Waals surface area contributed by atoms with Crippen LogP contribution in [0, 0.1) is 13.8 Å². The molecule has 2 heterocycles. The lowest BCUT2D eigenvalue weighted by Gasteiger charge is -2.03. The maximum atomic E-state index is 4.47. The van der Waals surface area contributed by atoms with Crippen molar-refractivity contribution < 1.29 is 0 Å². The molecule has 0 saturated heterocycles. The maximum absolute atomic E-state index is 4.47. The van der Waals surface area contributed by atoms with Gasteiger partial charge in [0.2, 0.25) is 0 Å². The second-order valence-electron chi connectivity index (χ2n) is 3.18. The normalized spacial score (nSPS) is 10.7. The Kier molecular flexibility index (Phi) is 3.23. The Morgan fingerprint density at radius 1 is 1.20 bits per heavy atom. The Morgan fingerprint density at radius 2 is 1.93 bits per heavy atom. The molecule has 0 aromatic carbocycles. The fraction of sp³-hybridized carbons (Fsp3) is 0.200. The smallest absolute Gasteiger partial charge is 0.170 e. The Hall–Kier alpha value is -0.260. The first-order chi connectivity index (χ1) is 7.08. The van der Waals surface area contributed by atoms with Gasteiger partial charge in [0.1, 0.15) is 4.60 Å². The summed E-state index contributed by atoms with van der Waals surface area (Å²) in [6.07, 6.45) is 0. The number of hydrogen-bond acceptors (Lipinski definition) is 3. The Balaban J connectivity index is 2.55. The minimum Gasteiger partial charge on any atom is -0.232 e. The number of aromatic nitrogens is 2. The highest BCUT2D eigenvalue weighted by Crippen LogP contribution is 2.29. The average Bonchev–Trinajstić information content (AvgIpc) is 2.60. The van der Waals surface area contributed by atoms with Crippen molar-refractivity contribution in [3.05, 3.63) is 31.8 Å². The molecule has 0 radical (unpaired) electrons. The van der Waals surface area contributed by atoms with Crippen LogP contribution < -0.4 is 0 Å². The highest BCUT2D eigenvalue weighted by molar-refractivity contribution is 9.10. The van der Waals surface area contributed by atoms with E-state index in [4.69, 9.17) is 0 Å². The van der Waals surface area contributed by atoms with Crippen LogP contribution in [0.4, 0.5) is 0 Å². The largest absolute Gasteiger partial charge is 0.232 e. The molecule has 2 aromatic heterocycles. The van der Waals surface area contributed by atoms with Crippen molar-refractivity contribution in [3.63, 3.8) is 0 Å². The number of hydrogen-bond donors (Lipinski definition) is 0. The van der Waals surface area contributed by atoms with Gasteiger partial charge in [-0.1, -0.05) is 0 Å². The van der Waals surface area contributed by atoms with Gasteiger partial charge < -0.3 is 0 Å². The van der Waals surface area contributed by atoms with Crippen molar-refractivity contribution in [3.8, 4) is 10.7 Å². The predicted octanol–water partition coefficient (Wildman–Crippen LogP) is 4.35. The van der Waals surface area contributed by atoms with E-state index in [1.165, 1.54) is 0 Å². The lowest BCUT2D eigenvalue weighted by Crippen LogP contribution is -1.95. The van der Waals surface area contributed by atoms with Crippen LogP contribution in [0.25, 0.3) is 10.7 Å². The van der Waals surface area contributed by atoms with Crippen LogP contribution in [0.3, 0.4) is 0 Å². The first-order valence-corrected chi connectivity index (χ1v) is 6.79. The van der Waals surface area contributed by atoms with E-state index in [1.807, 2.05) is 25.3 Å². The summed E-state index contributed by atoms with van der Waals surface area (Å²) in [7, 11) is 0. The van der Waals surface area contributed by atoms with Crippen molar-refractivity contribution in [1.82, 2.24) is 9.97 Å². The number of nitrogens with zero attached hydrogens (tertiary/aromatic N) is 2. The molecule has 0 spiro atoms. The van der Waals surface area contributed by atoms with E-state index in [-0.39, 0.29) is 0 Å². The van der Waals surface area contributed by atoms with E-state index in [1.54, 1.807) is 11.3 Å². The molecule has 0 aliphatic carbocycles. The molecule has 2 nitrogen and oxygen atoms in total. The lowest BCUT2D eigenvalue weighted by atomic mass is 10.3. The molecule has 0 aliphatic heterocycles. The summed E-state index contributed by atoms with van der Waals surface area (Å²) in [6, 6.07) is 2.03. The molecule has 0 amide bonds. The van der Waals surface area contributed by atoms with Gasteiger partial charge in [-0.05, 0) is 51.8 Å². The second kappa shape index (κ2) is 4.31. The minimum absolute atomic E-state index is 0.778. The summed E-state index contributed by atoms with van der Waals surface area (Å²) >= 11 is 8.50. The number of halogens is 2. The summed E-state index contributed by atoms with van der Waals surface area (Å²) < 4.78 is 1.94. The van der Waals surface area contributed by atoms with Gasteiger partial charge in [0.05, 0.1) is 4.88 Å². The molecule has 2 rings (SSSR count). The zero-order chi connectivity index (χ0) is 11.0. The van der Waals surface area contributed by atoms with Crippen LogP contribution in [0.1, 0.15) is 11.3 Å². The third-order valence-corrected chi connectivity index (χ3v) is 4.58. The van der Waals surface area contributed by atoms with E-state index >= 15 is 0 Å². The van der Waals surface area contributed by atoms with E-state index in [0.29, 0.717) is 0 Å².